The zero-order chi connectivity index (χ0) is 19.4. The predicted molar refractivity (Wildman–Crippen MR) is 98.1 cm³/mol. The second-order valence-corrected chi connectivity index (χ2v) is 5.67. The van der Waals surface area contributed by atoms with E-state index in [1.54, 1.807) is 31.2 Å². The molecule has 0 saturated carbocycles. The minimum atomic E-state index is -0.828. The van der Waals surface area contributed by atoms with Crippen molar-refractivity contribution in [1.29, 1.82) is 0 Å². The first-order chi connectivity index (χ1) is 13.0. The molecule has 0 radical (unpaired) electrons. The molecule has 1 N–H and O–H groups in total. The molecule has 3 rings (SSSR count). The van der Waals surface area contributed by atoms with Crippen LogP contribution in [0, 0.1) is 10.1 Å². The molecule has 1 aromatic heterocycles. The fraction of sp³-hybridized carbons (Fsp3) is 0.158. The smallest absolute Gasteiger partial charge is 0.338 e. The van der Waals surface area contributed by atoms with Gasteiger partial charge in [0.1, 0.15) is 11.3 Å². The minimum absolute atomic E-state index is 0.0132. The number of nitro benzene ring substituents is 1. The van der Waals surface area contributed by atoms with Gasteiger partial charge in [0.25, 0.3) is 5.69 Å². The van der Waals surface area contributed by atoms with Crippen LogP contribution in [-0.4, -0.2) is 29.8 Å². The number of hydrogen-bond acceptors (Lipinski definition) is 7. The van der Waals surface area contributed by atoms with Gasteiger partial charge in [-0.1, -0.05) is 18.2 Å². The van der Waals surface area contributed by atoms with E-state index in [0.29, 0.717) is 17.8 Å². The van der Waals surface area contributed by atoms with Crippen LogP contribution in [0.25, 0.3) is 11.0 Å². The third-order valence-corrected chi connectivity index (χ3v) is 3.83. The van der Waals surface area contributed by atoms with Gasteiger partial charge in [0.05, 0.1) is 10.5 Å². The number of rotatable bonds is 7. The molecule has 8 heteroatoms. The van der Waals surface area contributed by atoms with Crippen LogP contribution in [0.2, 0.25) is 0 Å². The topological polar surface area (TPSA) is 112 Å². The highest BCUT2D eigenvalue weighted by molar-refractivity contribution is 6.00. The second kappa shape index (κ2) is 7.69. The first-order valence-corrected chi connectivity index (χ1v) is 8.20. The highest BCUT2D eigenvalue weighted by Gasteiger charge is 2.20. The number of para-hydroxylation sites is 1. The number of Topliss-reactive ketones (excluding diaryl/α,β-unsaturated/α-hetero) is 1. The molecule has 0 bridgehead atoms. The molecule has 2 aromatic carbocycles. The summed E-state index contributed by atoms with van der Waals surface area (Å²) in [6, 6.07) is 12.6. The highest BCUT2D eigenvalue weighted by Crippen LogP contribution is 2.26. The van der Waals surface area contributed by atoms with E-state index in [2.05, 4.69) is 5.32 Å². The van der Waals surface area contributed by atoms with Crippen LogP contribution in [-0.2, 0) is 4.74 Å². The summed E-state index contributed by atoms with van der Waals surface area (Å²) in [5, 5.41) is 14.8. The maximum Gasteiger partial charge on any atom is 0.338 e. The van der Waals surface area contributed by atoms with Crippen LogP contribution in [0.1, 0.15) is 27.8 Å². The number of nitro groups is 1. The summed E-state index contributed by atoms with van der Waals surface area (Å²) in [7, 11) is 0. The van der Waals surface area contributed by atoms with E-state index >= 15 is 0 Å². The number of carbonyl (C=O) groups excluding carboxylic acids is 2. The van der Waals surface area contributed by atoms with E-state index in [9.17, 15) is 19.7 Å². The van der Waals surface area contributed by atoms with Crippen molar-refractivity contribution in [2.75, 3.05) is 18.5 Å². The van der Waals surface area contributed by atoms with E-state index in [-0.39, 0.29) is 17.0 Å². The van der Waals surface area contributed by atoms with Gasteiger partial charge >= 0.3 is 5.97 Å². The Morgan fingerprint density at radius 1 is 1.19 bits per heavy atom. The fourth-order valence-electron chi connectivity index (χ4n) is 2.55. The van der Waals surface area contributed by atoms with E-state index < -0.39 is 23.3 Å². The lowest BCUT2D eigenvalue weighted by molar-refractivity contribution is -0.384. The number of hydrogen-bond donors (Lipinski definition) is 1. The Labute approximate surface area is 153 Å². The maximum absolute atomic E-state index is 12.2. The molecule has 8 nitrogen and oxygen atoms in total. The van der Waals surface area contributed by atoms with Crippen molar-refractivity contribution < 1.29 is 23.7 Å². The number of nitrogens with one attached hydrogen (secondary N) is 1. The summed E-state index contributed by atoms with van der Waals surface area (Å²) in [5.74, 6) is -1.25. The SMILES string of the molecule is CCNc1ccc(C(=O)OCC(=O)c2cc3ccccc3o2)cc1[N+](=O)[O-]. The zero-order valence-electron chi connectivity index (χ0n) is 14.4. The third kappa shape index (κ3) is 3.95. The fourth-order valence-corrected chi connectivity index (χ4v) is 2.55. The first-order valence-electron chi connectivity index (χ1n) is 8.20. The van der Waals surface area contributed by atoms with Gasteiger partial charge in [0, 0.05) is 18.0 Å². The Kier molecular flexibility index (Phi) is 5.16. The van der Waals surface area contributed by atoms with Gasteiger partial charge in [-0.15, -0.1) is 0 Å². The Morgan fingerprint density at radius 3 is 2.67 bits per heavy atom. The average molecular weight is 368 g/mol. The van der Waals surface area contributed by atoms with E-state index in [4.69, 9.17) is 9.15 Å². The molecule has 0 aliphatic carbocycles. The molecule has 0 fully saturated rings. The van der Waals surface area contributed by atoms with Crippen LogP contribution >= 0.6 is 0 Å². The van der Waals surface area contributed by atoms with Gasteiger partial charge in [-0.2, -0.15) is 0 Å². The van der Waals surface area contributed by atoms with Gasteiger partial charge in [0.15, 0.2) is 12.4 Å². The Balaban J connectivity index is 1.70. The summed E-state index contributed by atoms with van der Waals surface area (Å²) in [6.07, 6.45) is 0. The quantitative estimate of drug-likeness (QED) is 0.292. The number of ketones is 1. The highest BCUT2D eigenvalue weighted by atomic mass is 16.6. The van der Waals surface area contributed by atoms with Crippen molar-refractivity contribution in [3.05, 3.63) is 70.0 Å². The molecule has 0 unspecified atom stereocenters. The molecular formula is C19H16N2O6. The lowest BCUT2D eigenvalue weighted by Gasteiger charge is -2.07. The van der Waals surface area contributed by atoms with Crippen LogP contribution in [0.15, 0.2) is 52.9 Å². The molecule has 0 aliphatic heterocycles. The summed E-state index contributed by atoms with van der Waals surface area (Å²) in [4.78, 5) is 34.9. The molecule has 138 valence electrons. The summed E-state index contributed by atoms with van der Waals surface area (Å²) >= 11 is 0. The van der Waals surface area contributed by atoms with Gasteiger partial charge in [-0.05, 0) is 31.2 Å². The van der Waals surface area contributed by atoms with Crippen LogP contribution in [0.5, 0.6) is 0 Å². The molecule has 0 spiro atoms. The first kappa shape index (κ1) is 18.1. The molecule has 0 saturated heterocycles. The Morgan fingerprint density at radius 2 is 1.96 bits per heavy atom. The van der Waals surface area contributed by atoms with E-state index in [1.807, 2.05) is 6.07 Å². The standard InChI is InChI=1S/C19H16N2O6/c1-2-20-14-8-7-13(9-15(14)21(24)25)19(23)26-11-16(22)18-10-12-5-3-4-6-17(12)27-18/h3-10,20H,2,11H2,1H3. The lowest BCUT2D eigenvalue weighted by atomic mass is 10.1. The molecule has 3 aromatic rings. The van der Waals surface area contributed by atoms with Gasteiger partial charge in [-0.3, -0.25) is 14.9 Å². The maximum atomic E-state index is 12.2. The number of ether oxygens (including phenoxy) is 1. The Hall–Kier alpha value is -3.68. The average Bonchev–Trinajstić information content (AvgIpc) is 3.10. The van der Waals surface area contributed by atoms with Crippen LogP contribution in [0.3, 0.4) is 0 Å². The number of esters is 1. The van der Waals surface area contributed by atoms with Crippen molar-refractivity contribution in [3.8, 4) is 0 Å². The second-order valence-electron chi connectivity index (χ2n) is 5.67. The summed E-state index contributed by atoms with van der Waals surface area (Å²) in [6.45, 7) is 1.77. The molecule has 0 aliphatic rings. The largest absolute Gasteiger partial charge is 0.454 e. The molecule has 0 atom stereocenters. The predicted octanol–water partition coefficient (Wildman–Crippen LogP) is 3.81. The number of carbonyl (C=O) groups is 2. The van der Waals surface area contributed by atoms with Crippen molar-refractivity contribution in [3.63, 3.8) is 0 Å². The molecular weight excluding hydrogens is 352 g/mol. The number of nitrogens with zero attached hydrogens (tertiary/aromatic N) is 1. The lowest BCUT2D eigenvalue weighted by Crippen LogP contribution is -2.14. The summed E-state index contributed by atoms with van der Waals surface area (Å²) in [5.41, 5.74) is 0.606. The number of furan rings is 1. The van der Waals surface area contributed by atoms with Crippen LogP contribution < -0.4 is 5.32 Å². The monoisotopic (exact) mass is 368 g/mol. The van der Waals surface area contributed by atoms with E-state index in [0.717, 1.165) is 11.5 Å². The number of benzene rings is 2. The van der Waals surface area contributed by atoms with Gasteiger partial charge < -0.3 is 14.5 Å². The molecule has 1 heterocycles. The van der Waals surface area contributed by atoms with Gasteiger partial charge in [0.2, 0.25) is 5.78 Å². The zero-order valence-corrected chi connectivity index (χ0v) is 14.4. The van der Waals surface area contributed by atoms with Crippen molar-refractivity contribution in [2.24, 2.45) is 0 Å². The number of fused-ring (bicyclic) bond motifs is 1. The summed E-state index contributed by atoms with van der Waals surface area (Å²) < 4.78 is 10.4. The van der Waals surface area contributed by atoms with E-state index in [1.165, 1.54) is 12.1 Å². The van der Waals surface area contributed by atoms with Crippen molar-refractivity contribution in [2.45, 2.75) is 6.92 Å². The van der Waals surface area contributed by atoms with Crippen molar-refractivity contribution in [1.82, 2.24) is 0 Å². The Bertz CT molecular complexity index is 991. The normalized spacial score (nSPS) is 10.6. The molecule has 27 heavy (non-hydrogen) atoms. The minimum Gasteiger partial charge on any atom is -0.454 e. The van der Waals surface area contributed by atoms with Gasteiger partial charge in [-0.25, -0.2) is 4.79 Å². The number of anilines is 1. The van der Waals surface area contributed by atoms with Crippen molar-refractivity contribution >= 4 is 34.1 Å². The third-order valence-electron chi connectivity index (χ3n) is 3.83. The molecule has 0 amide bonds. The van der Waals surface area contributed by atoms with Crippen LogP contribution in [0.4, 0.5) is 11.4 Å².